The van der Waals surface area contributed by atoms with Gasteiger partial charge in [0.05, 0.1) is 0 Å². The summed E-state index contributed by atoms with van der Waals surface area (Å²) < 4.78 is 0. The molecule has 1 aromatic carbocycles. The molecule has 1 aromatic rings. The van der Waals surface area contributed by atoms with Crippen molar-refractivity contribution in [1.29, 1.82) is 0 Å². The van der Waals surface area contributed by atoms with E-state index in [1.54, 1.807) is 0 Å². The lowest BCUT2D eigenvalue weighted by atomic mass is 10.1. The Balaban J connectivity index is 0.000000307. The van der Waals surface area contributed by atoms with Gasteiger partial charge in [-0.25, -0.2) is 9.59 Å². The van der Waals surface area contributed by atoms with E-state index in [0.717, 1.165) is 16.0 Å². The molecule has 1 fully saturated rings. The molecule has 7 heteroatoms. The molecule has 1 aliphatic heterocycles. The molecule has 0 unspecified atom stereocenters. The molecular formula is C17H22ClNO4S. The molecule has 0 saturated carbocycles. The quantitative estimate of drug-likeness (QED) is 0.772. The summed E-state index contributed by atoms with van der Waals surface area (Å²) in [5, 5.41) is 17.3. The third kappa shape index (κ3) is 9.60. The molecule has 2 N–H and O–H groups in total. The van der Waals surface area contributed by atoms with Gasteiger partial charge in [-0.15, -0.1) is 0 Å². The zero-order chi connectivity index (χ0) is 17.9. The second-order valence-electron chi connectivity index (χ2n) is 5.45. The first-order chi connectivity index (χ1) is 11.4. The lowest BCUT2D eigenvalue weighted by Crippen LogP contribution is -2.31. The molecule has 1 aliphatic rings. The van der Waals surface area contributed by atoms with Crippen LogP contribution in [0, 0.1) is 0 Å². The van der Waals surface area contributed by atoms with Crippen LogP contribution in [0.3, 0.4) is 0 Å². The molecular weight excluding hydrogens is 350 g/mol. The van der Waals surface area contributed by atoms with Gasteiger partial charge in [0.2, 0.25) is 0 Å². The zero-order valence-electron chi connectivity index (χ0n) is 13.5. The molecule has 1 saturated heterocycles. The Morgan fingerprint density at radius 2 is 1.83 bits per heavy atom. The minimum atomic E-state index is -1.26. The SMILES string of the molecule is CN1CCC(SCc2cccc(Cl)c2)CC1.O=C(O)/C=C/C(=O)O. The number of likely N-dealkylation sites (tertiary alicyclic amines) is 1. The van der Waals surface area contributed by atoms with E-state index in [1.165, 1.54) is 31.5 Å². The fourth-order valence-electron chi connectivity index (χ4n) is 2.13. The summed E-state index contributed by atoms with van der Waals surface area (Å²) in [5.74, 6) is -1.42. The van der Waals surface area contributed by atoms with Gasteiger partial charge in [-0.05, 0) is 50.7 Å². The summed E-state index contributed by atoms with van der Waals surface area (Å²) in [5.41, 5.74) is 1.34. The van der Waals surface area contributed by atoms with E-state index < -0.39 is 11.9 Å². The summed E-state index contributed by atoms with van der Waals surface area (Å²) >= 11 is 8.05. The third-order valence-corrected chi connectivity index (χ3v) is 5.09. The second kappa shape index (κ2) is 11.1. The van der Waals surface area contributed by atoms with Crippen LogP contribution in [-0.4, -0.2) is 52.4 Å². The minimum absolute atomic E-state index is 0.558. The molecule has 0 radical (unpaired) electrons. The van der Waals surface area contributed by atoms with Gasteiger partial charge < -0.3 is 15.1 Å². The Hall–Kier alpha value is -1.50. The molecule has 0 amide bonds. The van der Waals surface area contributed by atoms with Crippen LogP contribution in [0.4, 0.5) is 0 Å². The van der Waals surface area contributed by atoms with E-state index in [-0.39, 0.29) is 0 Å². The van der Waals surface area contributed by atoms with Crippen LogP contribution in [0.15, 0.2) is 36.4 Å². The predicted molar refractivity (Wildman–Crippen MR) is 97.7 cm³/mol. The average Bonchev–Trinajstić information content (AvgIpc) is 2.53. The van der Waals surface area contributed by atoms with E-state index >= 15 is 0 Å². The monoisotopic (exact) mass is 371 g/mol. The normalized spacial score (nSPS) is 15.8. The predicted octanol–water partition coefficient (Wildman–Crippen LogP) is 3.38. The maximum Gasteiger partial charge on any atom is 0.328 e. The van der Waals surface area contributed by atoms with Crippen molar-refractivity contribution in [3.63, 3.8) is 0 Å². The number of nitrogens with zero attached hydrogens (tertiary/aromatic N) is 1. The van der Waals surface area contributed by atoms with Crippen LogP contribution < -0.4 is 0 Å². The van der Waals surface area contributed by atoms with Gasteiger partial charge in [-0.3, -0.25) is 0 Å². The molecule has 0 atom stereocenters. The van der Waals surface area contributed by atoms with Crippen LogP contribution >= 0.6 is 23.4 Å². The minimum Gasteiger partial charge on any atom is -0.478 e. The van der Waals surface area contributed by atoms with Gasteiger partial charge in [0, 0.05) is 28.2 Å². The van der Waals surface area contributed by atoms with Crippen molar-refractivity contribution in [3.8, 4) is 0 Å². The molecule has 0 bridgehead atoms. The maximum atomic E-state index is 9.55. The Morgan fingerprint density at radius 1 is 1.25 bits per heavy atom. The summed E-state index contributed by atoms with van der Waals surface area (Å²) in [4.78, 5) is 21.5. The first-order valence-electron chi connectivity index (χ1n) is 7.55. The van der Waals surface area contributed by atoms with E-state index in [0.29, 0.717) is 12.2 Å². The lowest BCUT2D eigenvalue weighted by molar-refractivity contribution is -0.134. The largest absolute Gasteiger partial charge is 0.478 e. The summed E-state index contributed by atoms with van der Waals surface area (Å²) in [6.07, 6.45) is 3.76. The molecule has 0 aromatic heterocycles. The van der Waals surface area contributed by atoms with E-state index in [9.17, 15) is 9.59 Å². The Kier molecular flexibility index (Phi) is 9.52. The number of piperidine rings is 1. The van der Waals surface area contributed by atoms with Crippen molar-refractivity contribution in [1.82, 2.24) is 4.90 Å². The Morgan fingerprint density at radius 3 is 2.33 bits per heavy atom. The van der Waals surface area contributed by atoms with Crippen molar-refractivity contribution in [3.05, 3.63) is 47.0 Å². The van der Waals surface area contributed by atoms with Crippen LogP contribution in [0.25, 0.3) is 0 Å². The van der Waals surface area contributed by atoms with Crippen molar-refractivity contribution < 1.29 is 19.8 Å². The highest BCUT2D eigenvalue weighted by Crippen LogP contribution is 2.26. The number of carbonyl (C=O) groups is 2. The fourth-order valence-corrected chi connectivity index (χ4v) is 3.50. The van der Waals surface area contributed by atoms with Gasteiger partial charge in [0.1, 0.15) is 0 Å². The number of carboxylic acids is 2. The smallest absolute Gasteiger partial charge is 0.328 e. The number of aliphatic carboxylic acids is 2. The van der Waals surface area contributed by atoms with Crippen LogP contribution in [0.2, 0.25) is 5.02 Å². The van der Waals surface area contributed by atoms with E-state index in [2.05, 4.69) is 35.8 Å². The Labute approximate surface area is 151 Å². The molecule has 1 heterocycles. The van der Waals surface area contributed by atoms with Gasteiger partial charge >= 0.3 is 11.9 Å². The number of rotatable bonds is 5. The standard InChI is InChI=1S/C13H18ClNS.C4H4O4/c1-15-7-5-13(6-8-15)16-10-11-3-2-4-12(14)9-11;5-3(6)1-2-4(7)8/h2-4,9,13H,5-8,10H2,1H3;1-2H,(H,5,6)(H,7,8)/b;2-1+. The number of benzene rings is 1. The number of hydrogen-bond acceptors (Lipinski definition) is 4. The van der Waals surface area contributed by atoms with Crippen LogP contribution in [0.1, 0.15) is 18.4 Å². The molecule has 132 valence electrons. The average molecular weight is 372 g/mol. The van der Waals surface area contributed by atoms with Crippen molar-refractivity contribution >= 4 is 35.3 Å². The number of hydrogen-bond donors (Lipinski definition) is 2. The van der Waals surface area contributed by atoms with Crippen LogP contribution in [0.5, 0.6) is 0 Å². The highest BCUT2D eigenvalue weighted by atomic mass is 35.5. The van der Waals surface area contributed by atoms with Crippen molar-refractivity contribution in [2.24, 2.45) is 0 Å². The third-order valence-electron chi connectivity index (χ3n) is 3.41. The summed E-state index contributed by atoms with van der Waals surface area (Å²) in [6, 6.07) is 8.20. The first kappa shape index (κ1) is 20.5. The highest BCUT2D eigenvalue weighted by Gasteiger charge is 2.16. The zero-order valence-corrected chi connectivity index (χ0v) is 15.1. The fraction of sp³-hybridized carbons (Fsp3) is 0.412. The van der Waals surface area contributed by atoms with Crippen LogP contribution in [-0.2, 0) is 15.3 Å². The molecule has 0 aliphatic carbocycles. The lowest BCUT2D eigenvalue weighted by Gasteiger charge is -2.28. The number of thioether (sulfide) groups is 1. The van der Waals surface area contributed by atoms with E-state index in [4.69, 9.17) is 21.8 Å². The second-order valence-corrected chi connectivity index (χ2v) is 7.18. The summed E-state index contributed by atoms with van der Waals surface area (Å²) in [7, 11) is 2.21. The van der Waals surface area contributed by atoms with Gasteiger partial charge in [-0.2, -0.15) is 11.8 Å². The van der Waals surface area contributed by atoms with Gasteiger partial charge in [0.15, 0.2) is 0 Å². The first-order valence-corrected chi connectivity index (χ1v) is 8.98. The summed E-state index contributed by atoms with van der Waals surface area (Å²) in [6.45, 7) is 2.49. The highest BCUT2D eigenvalue weighted by molar-refractivity contribution is 7.99. The number of halogens is 1. The van der Waals surface area contributed by atoms with Crippen molar-refractivity contribution in [2.75, 3.05) is 20.1 Å². The van der Waals surface area contributed by atoms with E-state index in [1.807, 2.05) is 12.1 Å². The maximum absolute atomic E-state index is 9.55. The Bertz CT molecular complexity index is 555. The molecule has 2 rings (SSSR count). The molecule has 24 heavy (non-hydrogen) atoms. The van der Waals surface area contributed by atoms with Gasteiger partial charge in [-0.1, -0.05) is 23.7 Å². The molecule has 0 spiro atoms. The van der Waals surface area contributed by atoms with Crippen molar-refractivity contribution in [2.45, 2.75) is 23.8 Å². The molecule has 5 nitrogen and oxygen atoms in total. The van der Waals surface area contributed by atoms with Gasteiger partial charge in [0.25, 0.3) is 0 Å². The number of carboxylic acid groups (broad SMARTS) is 2. The topological polar surface area (TPSA) is 77.8 Å².